The predicted octanol–water partition coefficient (Wildman–Crippen LogP) is 2.80. The van der Waals surface area contributed by atoms with Crippen molar-refractivity contribution in [3.63, 3.8) is 0 Å². The molecular weight excluding hydrogens is 320 g/mol. The molecule has 1 aromatic carbocycles. The third-order valence-electron chi connectivity index (χ3n) is 2.61. The summed E-state index contributed by atoms with van der Waals surface area (Å²) < 4.78 is 12.1. The first-order valence-electron chi connectivity index (χ1n) is 6.44. The van der Waals surface area contributed by atoms with E-state index < -0.39 is 0 Å². The molecule has 0 fully saturated rings. The number of hydrogen-bond donors (Lipinski definition) is 1. The molecule has 0 aliphatic heterocycles. The number of aromatic nitrogens is 1. The second-order valence-electron chi connectivity index (χ2n) is 4.18. The highest BCUT2D eigenvalue weighted by Gasteiger charge is 1.98. The first kappa shape index (κ1) is 14.8. The lowest BCUT2D eigenvalue weighted by atomic mass is 10.3. The first-order chi connectivity index (χ1) is 9.78. The Kier molecular flexibility index (Phi) is 5.83. The maximum Gasteiger partial charge on any atom is 0.137 e. The van der Waals surface area contributed by atoms with E-state index in [1.165, 1.54) is 0 Å². The van der Waals surface area contributed by atoms with Gasteiger partial charge in [-0.2, -0.15) is 0 Å². The molecule has 0 saturated heterocycles. The largest absolute Gasteiger partial charge is 0.490 e. The van der Waals surface area contributed by atoms with Crippen LogP contribution in [0.5, 0.6) is 11.5 Å². The van der Waals surface area contributed by atoms with Gasteiger partial charge in [0.05, 0.1) is 6.20 Å². The summed E-state index contributed by atoms with van der Waals surface area (Å²) in [7, 11) is 0. The average Bonchev–Trinajstić information content (AvgIpc) is 2.46. The quantitative estimate of drug-likeness (QED) is 0.790. The summed E-state index contributed by atoms with van der Waals surface area (Å²) in [4.78, 5) is 4.26. The normalized spacial score (nSPS) is 10.3. The maximum atomic E-state index is 5.58. The van der Waals surface area contributed by atoms with Crippen LogP contribution in [0.4, 0.5) is 0 Å². The van der Waals surface area contributed by atoms with Crippen molar-refractivity contribution in [1.82, 2.24) is 4.98 Å². The summed E-state index contributed by atoms with van der Waals surface area (Å²) in [5.41, 5.74) is 6.45. The number of benzene rings is 1. The van der Waals surface area contributed by atoms with Gasteiger partial charge >= 0.3 is 0 Å². The minimum Gasteiger partial charge on any atom is -0.490 e. The van der Waals surface area contributed by atoms with E-state index in [0.29, 0.717) is 19.8 Å². The zero-order chi connectivity index (χ0) is 14.2. The zero-order valence-corrected chi connectivity index (χ0v) is 12.7. The van der Waals surface area contributed by atoms with Gasteiger partial charge in [0.25, 0.3) is 0 Å². The Morgan fingerprint density at radius 1 is 1.05 bits per heavy atom. The topological polar surface area (TPSA) is 57.4 Å². The molecule has 0 unspecified atom stereocenters. The molecule has 2 rings (SSSR count). The molecule has 0 bridgehead atoms. The Morgan fingerprint density at radius 3 is 2.50 bits per heavy atom. The lowest BCUT2D eigenvalue weighted by Crippen LogP contribution is -2.09. The molecule has 4 nitrogen and oxygen atoms in total. The highest BCUT2D eigenvalue weighted by Crippen LogP contribution is 2.17. The maximum absolute atomic E-state index is 5.58. The Balaban J connectivity index is 1.73. The fourth-order valence-corrected chi connectivity index (χ4v) is 2.05. The minimum absolute atomic E-state index is 0.477. The molecule has 1 heterocycles. The minimum atomic E-state index is 0.477. The van der Waals surface area contributed by atoms with Crippen LogP contribution in [0, 0.1) is 0 Å². The highest BCUT2D eigenvalue weighted by molar-refractivity contribution is 9.10. The average molecular weight is 337 g/mol. The molecule has 0 aliphatic rings. The number of rotatable bonds is 7. The van der Waals surface area contributed by atoms with Gasteiger partial charge in [-0.3, -0.25) is 4.98 Å². The van der Waals surface area contributed by atoms with Gasteiger partial charge in [-0.25, -0.2) is 0 Å². The summed E-state index contributed by atoms with van der Waals surface area (Å²) in [6.07, 6.45) is 2.50. The molecular formula is C15H17BrN2O2. The number of nitrogens with two attached hydrogens (primary N) is 1. The number of nitrogens with zero attached hydrogens (tertiary/aromatic N) is 1. The van der Waals surface area contributed by atoms with Crippen LogP contribution in [-0.4, -0.2) is 24.7 Å². The standard InChI is InChI=1S/C15H17BrN2O2/c16-12-2-1-3-14(10-12)19-8-9-20-15-5-4-13(6-7-17)18-11-15/h1-5,10-11H,6-9,17H2. The van der Waals surface area contributed by atoms with E-state index in [1.54, 1.807) is 6.20 Å². The lowest BCUT2D eigenvalue weighted by molar-refractivity contribution is 0.216. The Labute approximate surface area is 127 Å². The van der Waals surface area contributed by atoms with Crippen molar-refractivity contribution in [2.45, 2.75) is 6.42 Å². The van der Waals surface area contributed by atoms with Crippen LogP contribution in [0.3, 0.4) is 0 Å². The molecule has 0 radical (unpaired) electrons. The molecule has 0 atom stereocenters. The number of pyridine rings is 1. The summed E-state index contributed by atoms with van der Waals surface area (Å²) in [6, 6.07) is 11.5. The van der Waals surface area contributed by atoms with Gasteiger partial charge in [0.1, 0.15) is 24.7 Å². The lowest BCUT2D eigenvalue weighted by Gasteiger charge is -2.08. The SMILES string of the molecule is NCCc1ccc(OCCOc2cccc(Br)c2)cn1. The molecule has 2 N–H and O–H groups in total. The van der Waals surface area contributed by atoms with Crippen molar-refractivity contribution in [2.75, 3.05) is 19.8 Å². The molecule has 0 amide bonds. The third kappa shape index (κ3) is 4.83. The molecule has 0 aliphatic carbocycles. The van der Waals surface area contributed by atoms with Crippen molar-refractivity contribution in [3.05, 3.63) is 52.8 Å². The Bertz CT molecular complexity index is 532. The predicted molar refractivity (Wildman–Crippen MR) is 82.1 cm³/mol. The summed E-state index contributed by atoms with van der Waals surface area (Å²) in [5, 5.41) is 0. The van der Waals surface area contributed by atoms with Crippen LogP contribution in [0.1, 0.15) is 5.69 Å². The molecule has 0 saturated carbocycles. The fourth-order valence-electron chi connectivity index (χ4n) is 1.67. The monoisotopic (exact) mass is 336 g/mol. The van der Waals surface area contributed by atoms with E-state index in [4.69, 9.17) is 15.2 Å². The van der Waals surface area contributed by atoms with Crippen molar-refractivity contribution in [3.8, 4) is 11.5 Å². The van der Waals surface area contributed by atoms with E-state index in [2.05, 4.69) is 20.9 Å². The first-order valence-corrected chi connectivity index (χ1v) is 7.23. The molecule has 1 aromatic heterocycles. The van der Waals surface area contributed by atoms with Crippen molar-refractivity contribution < 1.29 is 9.47 Å². The van der Waals surface area contributed by atoms with Gasteiger partial charge < -0.3 is 15.2 Å². The van der Waals surface area contributed by atoms with Crippen LogP contribution >= 0.6 is 15.9 Å². The highest BCUT2D eigenvalue weighted by atomic mass is 79.9. The van der Waals surface area contributed by atoms with E-state index in [0.717, 1.165) is 28.1 Å². The molecule has 106 valence electrons. The summed E-state index contributed by atoms with van der Waals surface area (Å²) in [5.74, 6) is 1.56. The third-order valence-corrected chi connectivity index (χ3v) is 3.11. The molecule has 2 aromatic rings. The van der Waals surface area contributed by atoms with Crippen LogP contribution in [-0.2, 0) is 6.42 Å². The van der Waals surface area contributed by atoms with Gasteiger partial charge in [-0.1, -0.05) is 22.0 Å². The second-order valence-corrected chi connectivity index (χ2v) is 5.09. The van der Waals surface area contributed by atoms with Crippen molar-refractivity contribution >= 4 is 15.9 Å². The fraction of sp³-hybridized carbons (Fsp3) is 0.267. The molecule has 0 spiro atoms. The number of ether oxygens (including phenoxy) is 2. The van der Waals surface area contributed by atoms with Crippen LogP contribution < -0.4 is 15.2 Å². The van der Waals surface area contributed by atoms with Gasteiger partial charge in [-0.05, 0) is 36.9 Å². The summed E-state index contributed by atoms with van der Waals surface area (Å²) >= 11 is 3.40. The Morgan fingerprint density at radius 2 is 1.85 bits per heavy atom. The number of hydrogen-bond acceptors (Lipinski definition) is 4. The second kappa shape index (κ2) is 7.87. The van der Waals surface area contributed by atoms with E-state index in [9.17, 15) is 0 Å². The zero-order valence-electron chi connectivity index (χ0n) is 11.1. The number of halogens is 1. The van der Waals surface area contributed by atoms with Crippen molar-refractivity contribution in [2.24, 2.45) is 5.73 Å². The van der Waals surface area contributed by atoms with Gasteiger partial charge in [-0.15, -0.1) is 0 Å². The van der Waals surface area contributed by atoms with Gasteiger partial charge in [0.2, 0.25) is 0 Å². The van der Waals surface area contributed by atoms with Gasteiger partial charge in [0.15, 0.2) is 0 Å². The summed E-state index contributed by atoms with van der Waals surface area (Å²) in [6.45, 7) is 1.57. The molecule has 5 heteroatoms. The van der Waals surface area contributed by atoms with E-state index in [-0.39, 0.29) is 0 Å². The van der Waals surface area contributed by atoms with E-state index >= 15 is 0 Å². The smallest absolute Gasteiger partial charge is 0.137 e. The molecule has 20 heavy (non-hydrogen) atoms. The van der Waals surface area contributed by atoms with Gasteiger partial charge in [0, 0.05) is 16.6 Å². The van der Waals surface area contributed by atoms with Crippen LogP contribution in [0.25, 0.3) is 0 Å². The Hall–Kier alpha value is -1.59. The van der Waals surface area contributed by atoms with E-state index in [1.807, 2.05) is 36.4 Å². The van der Waals surface area contributed by atoms with Crippen LogP contribution in [0.15, 0.2) is 47.1 Å². The van der Waals surface area contributed by atoms with Crippen LogP contribution in [0.2, 0.25) is 0 Å². The van der Waals surface area contributed by atoms with Crippen molar-refractivity contribution in [1.29, 1.82) is 0 Å².